The Morgan fingerprint density at radius 2 is 0.849 bits per heavy atom. The van der Waals surface area contributed by atoms with Crippen LogP contribution in [0, 0.1) is 20.8 Å². The van der Waals surface area contributed by atoms with Gasteiger partial charge in [0.15, 0.2) is 11.5 Å². The van der Waals surface area contributed by atoms with Gasteiger partial charge < -0.3 is 45.3 Å². The van der Waals surface area contributed by atoms with Gasteiger partial charge in [-0.3, -0.25) is 0 Å². The second kappa shape index (κ2) is 20.4. The van der Waals surface area contributed by atoms with E-state index in [1.54, 1.807) is 39.0 Å². The molecule has 0 unspecified atom stereocenters. The molecule has 2 fully saturated rings. The van der Waals surface area contributed by atoms with E-state index in [4.69, 9.17) is 35.8 Å². The van der Waals surface area contributed by atoms with Crippen molar-refractivity contribution >= 4 is 58.2 Å². The molecule has 0 atom stereocenters. The summed E-state index contributed by atoms with van der Waals surface area (Å²) in [6.07, 6.45) is -19.1. The minimum Gasteiger partial charge on any atom is -0.404 e. The van der Waals surface area contributed by atoms with Crippen LogP contribution in [-0.4, -0.2) is 49.4 Å². The zero-order valence-corrected chi connectivity index (χ0v) is 42.8. The fourth-order valence-electron chi connectivity index (χ4n) is 7.35. The third kappa shape index (κ3) is 13.9. The Labute approximate surface area is 423 Å². The Morgan fingerprint density at radius 3 is 1.29 bits per heavy atom. The van der Waals surface area contributed by atoms with Crippen molar-refractivity contribution in [3.63, 3.8) is 0 Å². The van der Waals surface area contributed by atoms with Gasteiger partial charge in [-0.1, -0.05) is 51.8 Å². The summed E-state index contributed by atoms with van der Waals surface area (Å²) >= 11 is 3.00. The summed E-state index contributed by atoms with van der Waals surface area (Å²) in [5, 5.41) is 0. The van der Waals surface area contributed by atoms with Gasteiger partial charge in [0.25, 0.3) is 0 Å². The summed E-state index contributed by atoms with van der Waals surface area (Å²) in [6, 6.07) is 16.9. The van der Waals surface area contributed by atoms with E-state index in [-0.39, 0.29) is 28.0 Å². The molecule has 2 aliphatic rings. The first-order valence-corrected chi connectivity index (χ1v) is 22.8. The van der Waals surface area contributed by atoms with Gasteiger partial charge in [0, 0.05) is 10.2 Å². The smallest absolute Gasteiger partial charge is 0.404 e. The largest absolute Gasteiger partial charge is 0.573 e. The molecule has 0 spiro atoms. The highest BCUT2D eigenvalue weighted by atomic mass is 79.9. The van der Waals surface area contributed by atoms with Crippen LogP contribution >= 0.6 is 15.9 Å². The average Bonchev–Trinajstić information content (AvgIpc) is 3.58. The third-order valence-electron chi connectivity index (χ3n) is 12.8. The normalized spacial score (nSPS) is 17.1. The molecule has 2 aliphatic heterocycles. The monoisotopic (exact) mass is 1110 g/mol. The van der Waals surface area contributed by atoms with Gasteiger partial charge in [0.1, 0.15) is 0 Å². The molecule has 0 saturated carbocycles. The second-order valence-electron chi connectivity index (χ2n) is 19.3. The van der Waals surface area contributed by atoms with E-state index in [1.165, 1.54) is 30.3 Å². The number of halogens is 13. The van der Waals surface area contributed by atoms with Crippen molar-refractivity contribution in [3.05, 3.63) is 111 Å². The zero-order chi connectivity index (χ0) is 55.4. The number of alkyl halides is 12. The first-order valence-electron chi connectivity index (χ1n) is 22.0. The van der Waals surface area contributed by atoms with Crippen LogP contribution in [-0.2, 0) is 31.0 Å². The zero-order valence-electron chi connectivity index (χ0n) is 41.3. The van der Waals surface area contributed by atoms with E-state index >= 15 is 0 Å². The first-order chi connectivity index (χ1) is 33.0. The van der Waals surface area contributed by atoms with Crippen molar-refractivity contribution in [1.29, 1.82) is 0 Å². The molecule has 7 rings (SSSR count). The Bertz CT molecular complexity index is 2800. The molecule has 2 saturated heterocycles. The van der Waals surface area contributed by atoms with Gasteiger partial charge in [0.05, 0.1) is 44.9 Å². The molecule has 5 aromatic rings. The van der Waals surface area contributed by atoms with Crippen molar-refractivity contribution in [1.82, 2.24) is 0 Å². The summed E-state index contributed by atoms with van der Waals surface area (Å²) in [5.41, 5.74) is 14.7. The third-order valence-corrected chi connectivity index (χ3v) is 13.3. The standard InChI is InChI=1S/C22H18F6N2O.C20H29B2F3O4.C7H5BrF3NO/c1-11-8-16(14-4-6-19(30)20(9-14)31-22(26,27)28)17(21(23,24)25)10-15(11)13-3-5-18(29)12(2)7-13;1-12-10-15(22-28-18(6,7)19(8,9)29-22)13(20(23,24)25)11-14(12)21-26-16(2,3)17(4,5)27-21;8-4-1-2-5(12)6(3-4)13-7(9,10)11/h3-10H,29-30H2,1-2H3;10-11H,1-9H3;1-3H,12H2. The van der Waals surface area contributed by atoms with E-state index in [1.807, 2.05) is 55.4 Å². The number of hydrogen-bond donors (Lipinski definition) is 3. The van der Waals surface area contributed by atoms with Crippen molar-refractivity contribution < 1.29 is 80.8 Å². The van der Waals surface area contributed by atoms with Gasteiger partial charge in [-0.2, -0.15) is 26.3 Å². The van der Waals surface area contributed by atoms with Crippen molar-refractivity contribution in [2.45, 2.75) is 124 Å². The van der Waals surface area contributed by atoms with Crippen LogP contribution in [0.5, 0.6) is 11.5 Å². The van der Waals surface area contributed by atoms with Gasteiger partial charge in [-0.25, -0.2) is 0 Å². The lowest BCUT2D eigenvalue weighted by Gasteiger charge is -2.32. The summed E-state index contributed by atoms with van der Waals surface area (Å²) in [5.74, 6) is -1.17. The molecule has 0 aromatic heterocycles. The molecule has 6 N–H and O–H groups in total. The summed E-state index contributed by atoms with van der Waals surface area (Å²) in [7, 11) is -1.99. The maximum Gasteiger partial charge on any atom is 0.573 e. The highest BCUT2D eigenvalue weighted by Crippen LogP contribution is 2.44. The van der Waals surface area contributed by atoms with Crippen molar-refractivity contribution in [3.8, 4) is 33.8 Å². The Hall–Kier alpha value is -5.29. The van der Waals surface area contributed by atoms with E-state index in [0.717, 1.165) is 30.3 Å². The predicted octanol–water partition coefficient (Wildman–Crippen LogP) is 13.3. The van der Waals surface area contributed by atoms with Crippen LogP contribution < -0.4 is 37.6 Å². The topological polar surface area (TPSA) is 133 Å². The quantitative estimate of drug-likeness (QED) is 0.0863. The number of nitrogen functional groups attached to an aromatic ring is 3. The van der Waals surface area contributed by atoms with Gasteiger partial charge in [-0.15, -0.1) is 26.3 Å². The van der Waals surface area contributed by atoms with Crippen LogP contribution in [0.3, 0.4) is 0 Å². The summed E-state index contributed by atoms with van der Waals surface area (Å²) in [4.78, 5) is 0. The molecule has 2 heterocycles. The Balaban J connectivity index is 0.000000219. The summed E-state index contributed by atoms with van der Waals surface area (Å²) < 4.78 is 189. The second-order valence-corrected chi connectivity index (χ2v) is 20.2. The molecular formula is C49H52B2BrF12N3O6. The molecule has 9 nitrogen and oxygen atoms in total. The number of anilines is 3. The highest BCUT2D eigenvalue weighted by Gasteiger charge is 2.56. The first kappa shape index (κ1) is 58.6. The lowest BCUT2D eigenvalue weighted by Crippen LogP contribution is -2.44. The average molecular weight is 1110 g/mol. The molecule has 0 amide bonds. The maximum atomic E-state index is 14.0. The van der Waals surface area contributed by atoms with E-state index in [9.17, 15) is 52.7 Å². The Morgan fingerprint density at radius 1 is 0.438 bits per heavy atom. The fraction of sp³-hybridized carbons (Fsp3) is 0.388. The highest BCUT2D eigenvalue weighted by molar-refractivity contribution is 9.10. The van der Waals surface area contributed by atoms with Gasteiger partial charge in [-0.05, 0) is 169 Å². The van der Waals surface area contributed by atoms with Gasteiger partial charge in [0.2, 0.25) is 0 Å². The maximum absolute atomic E-state index is 14.0. The van der Waals surface area contributed by atoms with Crippen molar-refractivity contribution in [2.75, 3.05) is 17.2 Å². The van der Waals surface area contributed by atoms with Crippen LogP contribution in [0.15, 0.2) is 83.3 Å². The predicted molar refractivity (Wildman–Crippen MR) is 260 cm³/mol. The minimum absolute atomic E-state index is 0.0334. The number of nitrogens with two attached hydrogens (primary N) is 3. The molecular weight excluding hydrogens is 1060 g/mol. The molecule has 24 heteroatoms. The van der Waals surface area contributed by atoms with Crippen LogP contribution in [0.25, 0.3) is 22.3 Å². The number of ether oxygens (including phenoxy) is 2. The van der Waals surface area contributed by atoms with E-state index < -0.39 is 84.3 Å². The fourth-order valence-corrected chi connectivity index (χ4v) is 7.69. The van der Waals surface area contributed by atoms with Crippen molar-refractivity contribution in [2.24, 2.45) is 0 Å². The van der Waals surface area contributed by atoms with Crippen LogP contribution in [0.1, 0.15) is 83.2 Å². The molecule has 0 aliphatic carbocycles. The van der Waals surface area contributed by atoms with E-state index in [0.29, 0.717) is 43.4 Å². The number of benzene rings is 5. The minimum atomic E-state index is -5.04. The van der Waals surface area contributed by atoms with E-state index in [2.05, 4.69) is 25.4 Å². The molecule has 396 valence electrons. The number of hydrogen-bond acceptors (Lipinski definition) is 9. The van der Waals surface area contributed by atoms with Gasteiger partial charge >= 0.3 is 39.3 Å². The Kier molecular flexibility index (Phi) is 16.4. The molecule has 0 radical (unpaired) electrons. The molecule has 0 bridgehead atoms. The van der Waals surface area contributed by atoms with Crippen LogP contribution in [0.2, 0.25) is 0 Å². The lowest BCUT2D eigenvalue weighted by atomic mass is 9.69. The molecule has 73 heavy (non-hydrogen) atoms. The lowest BCUT2D eigenvalue weighted by molar-refractivity contribution is -0.275. The summed E-state index contributed by atoms with van der Waals surface area (Å²) in [6.45, 7) is 19.8. The van der Waals surface area contributed by atoms with Crippen LogP contribution in [0.4, 0.5) is 69.7 Å². The molecule has 5 aromatic carbocycles. The number of aryl methyl sites for hydroxylation is 3. The number of rotatable bonds is 6. The SMILES string of the molecule is Cc1cc(-c2cc(C(F)(F)F)c(-c3ccc(N)c(OC(F)(F)F)c3)cc2C)ccc1N.Cc1cc(B2OC(C)(C)C(C)(C)O2)c(C(F)(F)F)cc1B1OC(C)(C)C(C)(C)O1.Nc1ccc(Br)cc1OC(F)(F)F.